The zero-order valence-corrected chi connectivity index (χ0v) is 15.2. The van der Waals surface area contributed by atoms with Crippen LogP contribution >= 0.6 is 0 Å². The average Bonchev–Trinajstić information content (AvgIpc) is 2.61. The maximum Gasteiger partial charge on any atom is 0.254 e. The summed E-state index contributed by atoms with van der Waals surface area (Å²) in [7, 11) is -1.74. The van der Waals surface area contributed by atoms with Crippen LogP contribution in [0.5, 0.6) is 5.75 Å². The molecule has 0 unspecified atom stereocenters. The third-order valence-electron chi connectivity index (χ3n) is 4.56. The minimum atomic E-state index is -3.45. The van der Waals surface area contributed by atoms with Gasteiger partial charge in [-0.05, 0) is 38.0 Å². The van der Waals surface area contributed by atoms with E-state index in [1.165, 1.54) is 10.4 Å². The maximum absolute atomic E-state index is 12.6. The lowest BCUT2D eigenvalue weighted by Crippen LogP contribution is -2.41. The van der Waals surface area contributed by atoms with E-state index in [0.29, 0.717) is 36.6 Å². The van der Waals surface area contributed by atoms with E-state index in [2.05, 4.69) is 0 Å². The number of benzene rings is 1. The lowest BCUT2D eigenvalue weighted by Gasteiger charge is -2.31. The molecular formula is C18H22N2O4S. The Morgan fingerprint density at radius 3 is 2.32 bits per heavy atom. The van der Waals surface area contributed by atoms with Gasteiger partial charge in [0.25, 0.3) is 5.56 Å². The lowest BCUT2D eigenvalue weighted by molar-refractivity contribution is 0.134. The summed E-state index contributed by atoms with van der Waals surface area (Å²) in [5.74, 6) is 0.546. The number of sulfonamides is 1. The zero-order valence-electron chi connectivity index (χ0n) is 14.4. The Balaban J connectivity index is 1.65. The van der Waals surface area contributed by atoms with Crippen molar-refractivity contribution in [1.29, 1.82) is 0 Å². The van der Waals surface area contributed by atoms with Crippen LogP contribution in [0, 0.1) is 6.92 Å². The maximum atomic E-state index is 12.6. The molecule has 0 bridgehead atoms. The summed E-state index contributed by atoms with van der Waals surface area (Å²) in [6.45, 7) is 2.67. The Bertz CT molecular complexity index is 898. The Morgan fingerprint density at radius 2 is 1.72 bits per heavy atom. The van der Waals surface area contributed by atoms with Gasteiger partial charge in [-0.3, -0.25) is 4.79 Å². The molecule has 2 heterocycles. The number of piperidine rings is 1. The van der Waals surface area contributed by atoms with Gasteiger partial charge in [0.05, 0.1) is 4.90 Å². The number of hydrogen-bond donors (Lipinski definition) is 0. The molecule has 7 heteroatoms. The summed E-state index contributed by atoms with van der Waals surface area (Å²) >= 11 is 0. The Labute approximate surface area is 147 Å². The molecule has 0 amide bonds. The Kier molecular flexibility index (Phi) is 4.96. The molecule has 1 aromatic heterocycles. The van der Waals surface area contributed by atoms with Gasteiger partial charge in [0.1, 0.15) is 11.9 Å². The van der Waals surface area contributed by atoms with Gasteiger partial charge in [-0.15, -0.1) is 0 Å². The van der Waals surface area contributed by atoms with Crippen molar-refractivity contribution in [2.24, 2.45) is 7.05 Å². The van der Waals surface area contributed by atoms with E-state index >= 15 is 0 Å². The number of hydrogen-bond acceptors (Lipinski definition) is 4. The van der Waals surface area contributed by atoms with Crippen molar-refractivity contribution in [2.45, 2.75) is 30.8 Å². The molecule has 0 radical (unpaired) electrons. The monoisotopic (exact) mass is 362 g/mol. The van der Waals surface area contributed by atoms with E-state index in [1.807, 2.05) is 13.0 Å². The van der Waals surface area contributed by atoms with Crippen LogP contribution in [0.1, 0.15) is 18.5 Å². The van der Waals surface area contributed by atoms with Crippen LogP contribution in [0.15, 0.2) is 52.2 Å². The van der Waals surface area contributed by atoms with E-state index in [9.17, 15) is 13.2 Å². The number of aromatic nitrogens is 1. The third kappa shape index (κ3) is 3.77. The predicted molar refractivity (Wildman–Crippen MR) is 95.3 cm³/mol. The summed E-state index contributed by atoms with van der Waals surface area (Å²) in [4.78, 5) is 12.2. The molecule has 0 N–H and O–H groups in total. The summed E-state index contributed by atoms with van der Waals surface area (Å²) < 4.78 is 34.2. The van der Waals surface area contributed by atoms with Gasteiger partial charge in [0, 0.05) is 31.9 Å². The number of aryl methyl sites for hydroxylation is 1. The number of nitrogens with zero attached hydrogens (tertiary/aromatic N) is 2. The first-order valence-corrected chi connectivity index (χ1v) is 9.71. The third-order valence-corrected chi connectivity index (χ3v) is 6.47. The molecule has 1 saturated heterocycles. The smallest absolute Gasteiger partial charge is 0.254 e. The molecule has 2 aromatic rings. The van der Waals surface area contributed by atoms with Gasteiger partial charge < -0.3 is 9.30 Å². The van der Waals surface area contributed by atoms with Crippen molar-refractivity contribution in [1.82, 2.24) is 8.87 Å². The van der Waals surface area contributed by atoms with Crippen molar-refractivity contribution >= 4 is 10.0 Å². The molecule has 1 aliphatic heterocycles. The predicted octanol–water partition coefficient (Wildman–Crippen LogP) is 1.93. The summed E-state index contributed by atoms with van der Waals surface area (Å²) in [6.07, 6.45) is 1.11. The van der Waals surface area contributed by atoms with Crippen molar-refractivity contribution in [2.75, 3.05) is 13.1 Å². The van der Waals surface area contributed by atoms with Crippen LogP contribution in [0.4, 0.5) is 0 Å². The number of ether oxygens (including phenoxy) is 1. The average molecular weight is 362 g/mol. The second-order valence-corrected chi connectivity index (χ2v) is 8.20. The van der Waals surface area contributed by atoms with Crippen molar-refractivity contribution in [3.8, 4) is 5.75 Å². The van der Waals surface area contributed by atoms with Gasteiger partial charge >= 0.3 is 0 Å². The summed E-state index contributed by atoms with van der Waals surface area (Å²) in [5, 5.41) is 0. The van der Waals surface area contributed by atoms with Crippen molar-refractivity contribution in [3.63, 3.8) is 0 Å². The molecule has 1 aromatic carbocycles. The van der Waals surface area contributed by atoms with Gasteiger partial charge in [0.15, 0.2) is 0 Å². The summed E-state index contributed by atoms with van der Waals surface area (Å²) in [5.41, 5.74) is 0.714. The largest absolute Gasteiger partial charge is 0.490 e. The fourth-order valence-corrected chi connectivity index (χ4v) is 4.42. The second-order valence-electron chi connectivity index (χ2n) is 6.26. The minimum absolute atomic E-state index is 0.0891. The van der Waals surface area contributed by atoms with Gasteiger partial charge in [-0.1, -0.05) is 18.2 Å². The highest BCUT2D eigenvalue weighted by atomic mass is 32.2. The molecule has 3 rings (SSSR count). The van der Waals surface area contributed by atoms with E-state index in [1.54, 1.807) is 41.9 Å². The Hall–Kier alpha value is -2.12. The number of pyridine rings is 1. The Morgan fingerprint density at radius 1 is 1.08 bits per heavy atom. The molecule has 1 fully saturated rings. The minimum Gasteiger partial charge on any atom is -0.490 e. The van der Waals surface area contributed by atoms with Crippen molar-refractivity contribution in [3.05, 3.63) is 58.5 Å². The molecule has 0 aliphatic carbocycles. The molecular weight excluding hydrogens is 340 g/mol. The fourth-order valence-electron chi connectivity index (χ4n) is 2.93. The topological polar surface area (TPSA) is 68.6 Å². The highest BCUT2D eigenvalue weighted by molar-refractivity contribution is 7.89. The second kappa shape index (κ2) is 7.01. The van der Waals surface area contributed by atoms with E-state index < -0.39 is 10.0 Å². The highest BCUT2D eigenvalue weighted by Gasteiger charge is 2.30. The molecule has 134 valence electrons. The molecule has 25 heavy (non-hydrogen) atoms. The fraction of sp³-hybridized carbons (Fsp3) is 0.389. The first kappa shape index (κ1) is 17.7. The lowest BCUT2D eigenvalue weighted by atomic mass is 10.1. The van der Waals surface area contributed by atoms with Crippen LogP contribution < -0.4 is 10.3 Å². The first-order chi connectivity index (χ1) is 11.9. The standard InChI is InChI=1S/C18H22N2O4S/c1-14-12-16(13-18(21)19(14)2)24-15-8-10-20(11-9-15)25(22,23)17-6-4-3-5-7-17/h3-7,12-13,15H,8-11H2,1-2H3. The molecule has 0 spiro atoms. The van der Waals surface area contributed by atoms with Crippen LogP contribution in [-0.2, 0) is 17.1 Å². The van der Waals surface area contributed by atoms with Gasteiger partial charge in [-0.25, -0.2) is 8.42 Å². The van der Waals surface area contributed by atoms with Gasteiger partial charge in [0.2, 0.25) is 10.0 Å². The SMILES string of the molecule is Cc1cc(OC2CCN(S(=O)(=O)c3ccccc3)CC2)cc(=O)n1C. The first-order valence-electron chi connectivity index (χ1n) is 8.27. The quantitative estimate of drug-likeness (QED) is 0.833. The van der Waals surface area contributed by atoms with Gasteiger partial charge in [-0.2, -0.15) is 4.31 Å². The highest BCUT2D eigenvalue weighted by Crippen LogP contribution is 2.23. The van der Waals surface area contributed by atoms with Crippen molar-refractivity contribution < 1.29 is 13.2 Å². The molecule has 6 nitrogen and oxygen atoms in total. The van der Waals surface area contributed by atoms with E-state index in [0.717, 1.165) is 5.69 Å². The molecule has 0 atom stereocenters. The van der Waals surface area contributed by atoms with Crippen LogP contribution in [-0.4, -0.2) is 36.5 Å². The van der Waals surface area contributed by atoms with Crippen LogP contribution in [0.3, 0.4) is 0 Å². The van der Waals surface area contributed by atoms with Crippen LogP contribution in [0.2, 0.25) is 0 Å². The summed E-state index contributed by atoms with van der Waals surface area (Å²) in [6, 6.07) is 11.8. The van der Waals surface area contributed by atoms with E-state index in [4.69, 9.17) is 4.74 Å². The molecule has 1 aliphatic rings. The number of rotatable bonds is 4. The normalized spacial score (nSPS) is 16.7. The van der Waals surface area contributed by atoms with E-state index in [-0.39, 0.29) is 11.7 Å². The zero-order chi connectivity index (χ0) is 18.0. The van der Waals surface area contributed by atoms with Crippen LogP contribution in [0.25, 0.3) is 0 Å². The molecule has 0 saturated carbocycles.